The molecule has 0 aliphatic heterocycles. The van der Waals surface area contributed by atoms with Crippen LogP contribution in [-0.2, 0) is 17.1 Å². The maximum Gasteiger partial charge on any atom is 0.307 e. The number of aromatic nitrogens is 1. The van der Waals surface area contributed by atoms with Gasteiger partial charge in [0, 0.05) is 19.1 Å². The zero-order valence-electron chi connectivity index (χ0n) is 13.3. The standard InChI is InChI=1S/C16H15ClN2O3S2/c1-10-12(17)5-4-6-15(10)24(21,22)19(3)11-7-8-13-14(9-11)23-16(20)18(13)2/h4-9H,1-3H3. The number of halogens is 1. The lowest BCUT2D eigenvalue weighted by Gasteiger charge is -2.21. The molecule has 0 radical (unpaired) electrons. The fraction of sp³-hybridized carbons (Fsp3) is 0.188. The fourth-order valence-corrected chi connectivity index (χ4v) is 5.05. The maximum atomic E-state index is 12.9. The normalized spacial score (nSPS) is 11.8. The molecule has 0 atom stereocenters. The highest BCUT2D eigenvalue weighted by Gasteiger charge is 2.24. The van der Waals surface area contributed by atoms with Crippen molar-refractivity contribution >= 4 is 48.9 Å². The van der Waals surface area contributed by atoms with Crippen LogP contribution in [-0.4, -0.2) is 20.0 Å². The van der Waals surface area contributed by atoms with E-state index in [1.165, 1.54) is 17.4 Å². The highest BCUT2D eigenvalue weighted by atomic mass is 35.5. The van der Waals surface area contributed by atoms with Gasteiger partial charge in [0.25, 0.3) is 10.0 Å². The number of hydrogen-bond acceptors (Lipinski definition) is 4. The summed E-state index contributed by atoms with van der Waals surface area (Å²) in [4.78, 5) is 11.8. The smallest absolute Gasteiger partial charge is 0.302 e. The first-order valence-electron chi connectivity index (χ1n) is 7.07. The van der Waals surface area contributed by atoms with E-state index in [1.54, 1.807) is 48.9 Å². The summed E-state index contributed by atoms with van der Waals surface area (Å²) in [5, 5.41) is 0.404. The summed E-state index contributed by atoms with van der Waals surface area (Å²) in [6.45, 7) is 1.68. The number of aryl methyl sites for hydroxylation is 1. The van der Waals surface area contributed by atoms with Crippen LogP contribution < -0.4 is 9.18 Å². The molecule has 8 heteroatoms. The van der Waals surface area contributed by atoms with E-state index in [0.717, 1.165) is 21.6 Å². The van der Waals surface area contributed by atoms with Crippen LogP contribution in [0.25, 0.3) is 10.2 Å². The van der Waals surface area contributed by atoms with E-state index >= 15 is 0 Å². The van der Waals surface area contributed by atoms with Crippen molar-refractivity contribution in [3.63, 3.8) is 0 Å². The Labute approximate surface area is 148 Å². The lowest BCUT2D eigenvalue weighted by molar-refractivity contribution is 0.594. The van der Waals surface area contributed by atoms with E-state index in [2.05, 4.69) is 0 Å². The third-order valence-electron chi connectivity index (χ3n) is 4.00. The van der Waals surface area contributed by atoms with E-state index in [1.807, 2.05) is 0 Å². The minimum absolute atomic E-state index is 0.0849. The molecule has 2 aromatic carbocycles. The summed E-state index contributed by atoms with van der Waals surface area (Å²) in [5.41, 5.74) is 1.78. The van der Waals surface area contributed by atoms with Gasteiger partial charge in [-0.05, 0) is 42.8 Å². The Hall–Kier alpha value is -1.83. The average Bonchev–Trinajstić information content (AvgIpc) is 2.83. The molecule has 0 amide bonds. The molecule has 0 bridgehead atoms. The number of anilines is 1. The van der Waals surface area contributed by atoms with Crippen molar-refractivity contribution in [3.05, 3.63) is 56.7 Å². The van der Waals surface area contributed by atoms with Gasteiger partial charge in [-0.15, -0.1) is 0 Å². The van der Waals surface area contributed by atoms with Crippen molar-refractivity contribution in [2.45, 2.75) is 11.8 Å². The van der Waals surface area contributed by atoms with Crippen LogP contribution in [0, 0.1) is 6.92 Å². The van der Waals surface area contributed by atoms with Gasteiger partial charge in [0.1, 0.15) is 0 Å². The van der Waals surface area contributed by atoms with Crippen molar-refractivity contribution in [1.29, 1.82) is 0 Å². The molecule has 0 fully saturated rings. The van der Waals surface area contributed by atoms with Gasteiger partial charge in [0.05, 0.1) is 20.8 Å². The molecule has 24 heavy (non-hydrogen) atoms. The van der Waals surface area contributed by atoms with Crippen molar-refractivity contribution in [2.75, 3.05) is 11.4 Å². The van der Waals surface area contributed by atoms with Crippen LogP contribution in [0.4, 0.5) is 5.69 Å². The molecule has 5 nitrogen and oxygen atoms in total. The molecule has 0 unspecified atom stereocenters. The number of fused-ring (bicyclic) bond motifs is 1. The van der Waals surface area contributed by atoms with Gasteiger partial charge in [0.2, 0.25) is 0 Å². The molecule has 0 N–H and O–H groups in total. The summed E-state index contributed by atoms with van der Waals surface area (Å²) in [7, 11) is -0.569. The zero-order chi connectivity index (χ0) is 17.6. The van der Waals surface area contributed by atoms with Crippen LogP contribution >= 0.6 is 22.9 Å². The van der Waals surface area contributed by atoms with Crippen molar-refractivity contribution < 1.29 is 8.42 Å². The predicted octanol–water partition coefficient (Wildman–Crippen LogP) is 3.39. The third kappa shape index (κ3) is 2.62. The van der Waals surface area contributed by atoms with Crippen molar-refractivity contribution in [3.8, 4) is 0 Å². The first-order valence-corrected chi connectivity index (χ1v) is 9.70. The van der Waals surface area contributed by atoms with Crippen molar-refractivity contribution in [2.24, 2.45) is 7.05 Å². The molecule has 0 spiro atoms. The van der Waals surface area contributed by atoms with Gasteiger partial charge < -0.3 is 4.57 Å². The molecule has 3 aromatic rings. The fourth-order valence-electron chi connectivity index (χ4n) is 2.47. The Balaban J connectivity index is 2.12. The number of rotatable bonds is 3. The lowest BCUT2D eigenvalue weighted by atomic mass is 10.2. The van der Waals surface area contributed by atoms with E-state index in [-0.39, 0.29) is 9.77 Å². The Morgan fingerprint density at radius 3 is 2.62 bits per heavy atom. The van der Waals surface area contributed by atoms with E-state index in [4.69, 9.17) is 11.6 Å². The Bertz CT molecular complexity index is 1100. The van der Waals surface area contributed by atoms with Crippen LogP contribution in [0.3, 0.4) is 0 Å². The Morgan fingerprint density at radius 2 is 1.92 bits per heavy atom. The highest BCUT2D eigenvalue weighted by molar-refractivity contribution is 7.92. The topological polar surface area (TPSA) is 59.4 Å². The highest BCUT2D eigenvalue weighted by Crippen LogP contribution is 2.30. The van der Waals surface area contributed by atoms with Crippen molar-refractivity contribution in [1.82, 2.24) is 4.57 Å². The lowest BCUT2D eigenvalue weighted by Crippen LogP contribution is -2.27. The number of thiazole rings is 1. The second-order valence-corrected chi connectivity index (χ2v) is 8.75. The molecular formula is C16H15ClN2O3S2. The minimum atomic E-state index is -3.75. The number of hydrogen-bond donors (Lipinski definition) is 0. The molecule has 1 heterocycles. The van der Waals surface area contributed by atoms with Crippen LogP contribution in [0.2, 0.25) is 5.02 Å². The molecular weight excluding hydrogens is 368 g/mol. The molecule has 126 valence electrons. The second kappa shape index (κ2) is 5.91. The van der Waals surface area contributed by atoms with Crippen LogP contribution in [0.5, 0.6) is 0 Å². The Kier molecular flexibility index (Phi) is 4.19. The van der Waals surface area contributed by atoms with Gasteiger partial charge in [-0.1, -0.05) is 29.0 Å². The molecule has 0 saturated heterocycles. The van der Waals surface area contributed by atoms with Crippen LogP contribution in [0.15, 0.2) is 46.1 Å². The van der Waals surface area contributed by atoms with Gasteiger partial charge >= 0.3 is 4.87 Å². The molecule has 3 rings (SSSR count). The van der Waals surface area contributed by atoms with Gasteiger partial charge in [-0.25, -0.2) is 8.42 Å². The summed E-state index contributed by atoms with van der Waals surface area (Å²) in [5.74, 6) is 0. The van der Waals surface area contributed by atoms with E-state index < -0.39 is 10.0 Å². The van der Waals surface area contributed by atoms with Gasteiger partial charge in [-0.3, -0.25) is 9.10 Å². The van der Waals surface area contributed by atoms with Crippen LogP contribution in [0.1, 0.15) is 5.56 Å². The third-order valence-corrected chi connectivity index (χ3v) is 7.33. The summed E-state index contributed by atoms with van der Waals surface area (Å²) >= 11 is 7.14. The SMILES string of the molecule is Cc1c(Cl)cccc1S(=O)(=O)N(C)c1ccc2c(c1)sc(=O)n2C. The number of nitrogens with zero attached hydrogens (tertiary/aromatic N) is 2. The molecule has 0 saturated carbocycles. The molecule has 0 aliphatic carbocycles. The van der Waals surface area contributed by atoms with E-state index in [0.29, 0.717) is 16.3 Å². The van der Waals surface area contributed by atoms with Gasteiger partial charge in [-0.2, -0.15) is 0 Å². The summed E-state index contributed by atoms with van der Waals surface area (Å²) in [6, 6.07) is 9.95. The Morgan fingerprint density at radius 1 is 1.21 bits per heavy atom. The predicted molar refractivity (Wildman–Crippen MR) is 98.8 cm³/mol. The molecule has 0 aliphatic rings. The largest absolute Gasteiger partial charge is 0.307 e. The molecule has 1 aromatic heterocycles. The minimum Gasteiger partial charge on any atom is -0.302 e. The quantitative estimate of drug-likeness (QED) is 0.697. The van der Waals surface area contributed by atoms with E-state index in [9.17, 15) is 13.2 Å². The summed E-state index contributed by atoms with van der Waals surface area (Å²) < 4.78 is 29.3. The monoisotopic (exact) mass is 382 g/mol. The number of sulfonamides is 1. The number of benzene rings is 2. The second-order valence-electron chi connectivity index (χ2n) is 5.41. The first-order chi connectivity index (χ1) is 11.2. The maximum absolute atomic E-state index is 12.9. The first kappa shape index (κ1) is 17.0. The van der Waals surface area contributed by atoms with Gasteiger partial charge in [0.15, 0.2) is 0 Å². The average molecular weight is 383 g/mol. The zero-order valence-corrected chi connectivity index (χ0v) is 15.7. The summed E-state index contributed by atoms with van der Waals surface area (Å²) in [6.07, 6.45) is 0.